The van der Waals surface area contributed by atoms with E-state index >= 15 is 0 Å². The summed E-state index contributed by atoms with van der Waals surface area (Å²) < 4.78 is 31.0. The Balaban J connectivity index is 1.74. The lowest BCUT2D eigenvalue weighted by Crippen LogP contribution is -2.43. The molecule has 3 rings (SSSR count). The summed E-state index contributed by atoms with van der Waals surface area (Å²) in [4.78, 5) is 12.8. The van der Waals surface area contributed by atoms with E-state index in [1.807, 2.05) is 49.4 Å². The average Bonchev–Trinajstić information content (AvgIpc) is 3.08. The molecule has 0 aliphatic carbocycles. The summed E-state index contributed by atoms with van der Waals surface area (Å²) in [6.07, 6.45) is 0. The molecule has 28 heavy (non-hydrogen) atoms. The number of carbonyl (C=O) groups is 1. The van der Waals surface area contributed by atoms with Crippen molar-refractivity contribution in [3.63, 3.8) is 0 Å². The normalized spacial score (nSPS) is 19.7. The van der Waals surface area contributed by atoms with E-state index in [0.717, 1.165) is 16.7 Å². The van der Waals surface area contributed by atoms with Crippen molar-refractivity contribution >= 4 is 15.9 Å². The van der Waals surface area contributed by atoms with Gasteiger partial charge in [-0.15, -0.1) is 0 Å². The quantitative estimate of drug-likeness (QED) is 0.804. The van der Waals surface area contributed by atoms with Crippen LogP contribution >= 0.6 is 0 Å². The zero-order valence-electron chi connectivity index (χ0n) is 16.4. The van der Waals surface area contributed by atoms with Crippen molar-refractivity contribution in [1.82, 2.24) is 9.62 Å². The molecule has 1 heterocycles. The van der Waals surface area contributed by atoms with Crippen molar-refractivity contribution in [3.05, 3.63) is 59.7 Å². The molecule has 2 aromatic rings. The second-order valence-electron chi connectivity index (χ2n) is 7.33. The minimum Gasteiger partial charge on any atom is -0.379 e. The van der Waals surface area contributed by atoms with E-state index in [1.165, 1.54) is 18.4 Å². The van der Waals surface area contributed by atoms with Crippen molar-refractivity contribution in [3.8, 4) is 11.1 Å². The fraction of sp³-hybridized carbons (Fsp3) is 0.381. The predicted molar refractivity (Wildman–Crippen MR) is 110 cm³/mol. The largest absolute Gasteiger partial charge is 0.379 e. The Morgan fingerprint density at radius 2 is 1.89 bits per heavy atom. The maximum atomic E-state index is 12.8. The summed E-state index contributed by atoms with van der Waals surface area (Å²) in [5, 5.41) is 2.95. The first-order valence-corrected chi connectivity index (χ1v) is 10.8. The summed E-state index contributed by atoms with van der Waals surface area (Å²) in [6, 6.07) is 15.1. The molecule has 1 amide bonds. The highest BCUT2D eigenvalue weighted by atomic mass is 32.2. The topological polar surface area (TPSA) is 75.7 Å². The lowest BCUT2D eigenvalue weighted by Gasteiger charge is -2.21. The van der Waals surface area contributed by atoms with Crippen LogP contribution in [0.15, 0.2) is 48.5 Å². The molecule has 150 valence electrons. The number of aryl methyl sites for hydroxylation is 1. The molecule has 1 saturated heterocycles. The zero-order chi connectivity index (χ0) is 20.3. The number of hydrogen-bond acceptors (Lipinski definition) is 4. The molecule has 1 aliphatic rings. The fourth-order valence-electron chi connectivity index (χ4n) is 3.32. The Kier molecular flexibility index (Phi) is 6.17. The van der Waals surface area contributed by atoms with Crippen LogP contribution in [0.5, 0.6) is 0 Å². The average molecular weight is 403 g/mol. The summed E-state index contributed by atoms with van der Waals surface area (Å²) in [5.74, 6) is -0.539. The maximum absolute atomic E-state index is 12.8. The third kappa shape index (κ3) is 4.60. The monoisotopic (exact) mass is 402 g/mol. The van der Waals surface area contributed by atoms with Gasteiger partial charge in [0.05, 0.1) is 25.0 Å². The van der Waals surface area contributed by atoms with Crippen LogP contribution in [-0.4, -0.2) is 57.7 Å². The van der Waals surface area contributed by atoms with Gasteiger partial charge in [-0.3, -0.25) is 4.79 Å². The lowest BCUT2D eigenvalue weighted by atomic mass is 9.98. The van der Waals surface area contributed by atoms with Crippen LogP contribution in [0.2, 0.25) is 0 Å². The highest BCUT2D eigenvalue weighted by molar-refractivity contribution is 7.89. The van der Waals surface area contributed by atoms with Crippen LogP contribution in [0.3, 0.4) is 0 Å². The first-order valence-electron chi connectivity index (χ1n) is 9.23. The SMILES string of the molecule is Cc1ccccc1-c1cccc(C(=O)N[C@@H]2COC[C@H]2CS(=O)(=O)N(C)C)c1. The van der Waals surface area contributed by atoms with Crippen LogP contribution in [-0.2, 0) is 14.8 Å². The molecule has 7 heteroatoms. The summed E-state index contributed by atoms with van der Waals surface area (Å²) >= 11 is 0. The Bertz CT molecular complexity index is 956. The number of amides is 1. The summed E-state index contributed by atoms with van der Waals surface area (Å²) in [5.41, 5.74) is 3.73. The molecule has 1 fully saturated rings. The van der Waals surface area contributed by atoms with Crippen molar-refractivity contribution in [2.75, 3.05) is 33.1 Å². The summed E-state index contributed by atoms with van der Waals surface area (Å²) in [7, 11) is -0.341. The standard InChI is InChI=1S/C21H26N2O4S/c1-15-7-4-5-10-19(15)16-8-6-9-17(11-16)21(24)22-20-13-27-12-18(20)14-28(25,26)23(2)3/h4-11,18,20H,12-14H2,1-3H3,(H,22,24)/t18-,20+/m0/s1. The molecule has 2 aromatic carbocycles. The molecule has 0 unspecified atom stereocenters. The van der Waals surface area contributed by atoms with Crippen molar-refractivity contribution in [1.29, 1.82) is 0 Å². The molecule has 2 atom stereocenters. The fourth-order valence-corrected chi connectivity index (χ4v) is 4.49. The predicted octanol–water partition coefficient (Wildman–Crippen LogP) is 2.30. The van der Waals surface area contributed by atoms with Gasteiger partial charge in [0.2, 0.25) is 10.0 Å². The van der Waals surface area contributed by atoms with Gasteiger partial charge in [-0.1, -0.05) is 36.4 Å². The highest BCUT2D eigenvalue weighted by Gasteiger charge is 2.34. The van der Waals surface area contributed by atoms with Crippen LogP contribution in [0.4, 0.5) is 0 Å². The molecule has 0 spiro atoms. The number of hydrogen-bond donors (Lipinski definition) is 1. The molecule has 0 radical (unpaired) electrons. The van der Waals surface area contributed by atoms with Gasteiger partial charge in [-0.2, -0.15) is 0 Å². The van der Waals surface area contributed by atoms with Crippen LogP contribution in [0.1, 0.15) is 15.9 Å². The van der Waals surface area contributed by atoms with E-state index in [9.17, 15) is 13.2 Å². The Morgan fingerprint density at radius 1 is 1.14 bits per heavy atom. The van der Waals surface area contributed by atoms with E-state index < -0.39 is 10.0 Å². The minimum atomic E-state index is -3.36. The van der Waals surface area contributed by atoms with E-state index in [0.29, 0.717) is 18.8 Å². The van der Waals surface area contributed by atoms with E-state index in [2.05, 4.69) is 5.32 Å². The van der Waals surface area contributed by atoms with Gasteiger partial charge < -0.3 is 10.1 Å². The minimum absolute atomic E-state index is 0.0474. The van der Waals surface area contributed by atoms with Gasteiger partial charge >= 0.3 is 0 Å². The van der Waals surface area contributed by atoms with Gasteiger partial charge in [0.1, 0.15) is 0 Å². The highest BCUT2D eigenvalue weighted by Crippen LogP contribution is 2.24. The molecule has 6 nitrogen and oxygen atoms in total. The first kappa shape index (κ1) is 20.5. The van der Waals surface area contributed by atoms with Gasteiger partial charge in [0.15, 0.2) is 0 Å². The van der Waals surface area contributed by atoms with E-state index in [1.54, 1.807) is 6.07 Å². The van der Waals surface area contributed by atoms with E-state index in [4.69, 9.17) is 4.74 Å². The van der Waals surface area contributed by atoms with Crippen LogP contribution in [0, 0.1) is 12.8 Å². The van der Waals surface area contributed by atoms with Crippen molar-refractivity contribution in [2.24, 2.45) is 5.92 Å². The Hall–Kier alpha value is -2.22. The second kappa shape index (κ2) is 8.43. The van der Waals surface area contributed by atoms with E-state index in [-0.39, 0.29) is 23.6 Å². The second-order valence-corrected chi connectivity index (χ2v) is 9.56. The van der Waals surface area contributed by atoms with Gasteiger partial charge in [-0.05, 0) is 35.7 Å². The van der Waals surface area contributed by atoms with Gasteiger partial charge in [0, 0.05) is 25.6 Å². The number of nitrogens with one attached hydrogen (secondary N) is 1. The number of rotatable bonds is 6. The third-order valence-electron chi connectivity index (χ3n) is 5.08. The number of ether oxygens (including phenoxy) is 1. The number of sulfonamides is 1. The smallest absolute Gasteiger partial charge is 0.251 e. The van der Waals surface area contributed by atoms with Gasteiger partial charge in [-0.25, -0.2) is 12.7 Å². The van der Waals surface area contributed by atoms with Crippen molar-refractivity contribution in [2.45, 2.75) is 13.0 Å². The Morgan fingerprint density at radius 3 is 2.61 bits per heavy atom. The van der Waals surface area contributed by atoms with Gasteiger partial charge in [0.25, 0.3) is 5.91 Å². The molecular formula is C21H26N2O4S. The third-order valence-corrected chi connectivity index (χ3v) is 7.04. The van der Waals surface area contributed by atoms with Crippen LogP contribution in [0.25, 0.3) is 11.1 Å². The zero-order valence-corrected chi connectivity index (χ0v) is 17.2. The number of nitrogens with zero attached hydrogens (tertiary/aromatic N) is 1. The molecule has 1 N–H and O–H groups in total. The summed E-state index contributed by atoms with van der Waals surface area (Å²) in [6.45, 7) is 2.67. The van der Waals surface area contributed by atoms with Crippen LogP contribution < -0.4 is 5.32 Å². The number of benzene rings is 2. The molecule has 0 bridgehead atoms. The first-order chi connectivity index (χ1) is 13.3. The van der Waals surface area contributed by atoms with Crippen molar-refractivity contribution < 1.29 is 17.9 Å². The molecular weight excluding hydrogens is 376 g/mol. The molecule has 0 saturated carbocycles. The maximum Gasteiger partial charge on any atom is 0.251 e. The Labute approximate surface area is 166 Å². The molecule has 0 aromatic heterocycles. The molecule has 1 aliphatic heterocycles. The number of carbonyl (C=O) groups excluding carboxylic acids is 1. The lowest BCUT2D eigenvalue weighted by molar-refractivity contribution is 0.0926.